The van der Waals surface area contributed by atoms with E-state index in [0.29, 0.717) is 12.3 Å². The summed E-state index contributed by atoms with van der Waals surface area (Å²) in [5.74, 6) is 0.242. The Morgan fingerprint density at radius 3 is 2.52 bits per heavy atom. The van der Waals surface area contributed by atoms with Crippen molar-refractivity contribution in [3.63, 3.8) is 0 Å². The Kier molecular flexibility index (Phi) is 16.3. The maximum absolute atomic E-state index is 14.8. The monoisotopic (exact) mass is 578 g/mol. The number of allylic oxidation sites excluding steroid dienone is 5. The number of halogens is 1. The number of rotatable bonds is 14. The predicted molar refractivity (Wildman–Crippen MR) is 168 cm³/mol. The molecule has 0 atom stereocenters. The van der Waals surface area contributed by atoms with Crippen molar-refractivity contribution < 1.29 is 18.7 Å². The van der Waals surface area contributed by atoms with Gasteiger partial charge in [0, 0.05) is 37.8 Å². The van der Waals surface area contributed by atoms with Crippen molar-refractivity contribution in [2.45, 2.75) is 41.5 Å². The van der Waals surface area contributed by atoms with Crippen LogP contribution in [0.15, 0.2) is 101 Å². The summed E-state index contributed by atoms with van der Waals surface area (Å²) < 4.78 is 27.1. The first-order valence-corrected chi connectivity index (χ1v) is 13.7. The summed E-state index contributed by atoms with van der Waals surface area (Å²) in [6, 6.07) is 6.04. The van der Waals surface area contributed by atoms with E-state index >= 15 is 0 Å². The number of aromatic nitrogens is 2. The Morgan fingerprint density at radius 2 is 1.93 bits per heavy atom. The molecule has 0 unspecified atom stereocenters. The summed E-state index contributed by atoms with van der Waals surface area (Å²) in [5.41, 5.74) is 1.22. The highest BCUT2D eigenvalue weighted by molar-refractivity contribution is 5.96. The zero-order chi connectivity index (χ0) is 31.5. The molecule has 10 heteroatoms. The molecule has 1 heterocycles. The van der Waals surface area contributed by atoms with Gasteiger partial charge in [0.25, 0.3) is 0 Å². The van der Waals surface area contributed by atoms with E-state index < -0.39 is 11.8 Å². The minimum atomic E-state index is -0.656. The fourth-order valence-electron chi connectivity index (χ4n) is 3.36. The van der Waals surface area contributed by atoms with Crippen LogP contribution in [-0.2, 0) is 9.47 Å². The molecule has 0 radical (unpaired) electrons. The van der Waals surface area contributed by atoms with Crippen LogP contribution in [0, 0.1) is 5.82 Å². The van der Waals surface area contributed by atoms with Crippen molar-refractivity contribution in [1.29, 1.82) is 0 Å². The topological polar surface area (TPSA) is 93.3 Å². The van der Waals surface area contributed by atoms with Gasteiger partial charge in [-0.2, -0.15) is 9.78 Å². The molecule has 1 N–H and O–H groups in total. The normalized spacial score (nSPS) is 12.4. The van der Waals surface area contributed by atoms with Gasteiger partial charge >= 0.3 is 5.97 Å². The molecule has 42 heavy (non-hydrogen) atoms. The molecular weight excluding hydrogens is 535 g/mol. The first-order valence-electron chi connectivity index (χ1n) is 13.7. The molecule has 0 fully saturated rings. The van der Waals surface area contributed by atoms with E-state index in [0.717, 1.165) is 11.5 Å². The van der Waals surface area contributed by atoms with Crippen LogP contribution in [0.4, 0.5) is 4.39 Å². The molecule has 1 aromatic heterocycles. The Bertz CT molecular complexity index is 1390. The van der Waals surface area contributed by atoms with Crippen molar-refractivity contribution >= 4 is 12.7 Å². The van der Waals surface area contributed by atoms with E-state index in [-0.39, 0.29) is 35.7 Å². The molecule has 2 aromatic rings. The molecule has 0 amide bonds. The standard InChI is InChI=1S/C30H37FN6O3.C2H6/c1-8-23(16-17-24(9-2)40-22(5)18-19-36(7)10-3)34-21-35-30-33-20-26(29(38)39-11-4)28(37(30)32-6)25-14-12-13-15-27(25)31;1-2/h8-10,12-18,20,34H,3,6,11,19,21H2,1-2,4-5,7H3;1-2H3/b17-16-,22-18+,23-8+,24-9+,35-30-;. The van der Waals surface area contributed by atoms with Crippen LogP contribution in [0.2, 0.25) is 0 Å². The third-order valence-electron chi connectivity index (χ3n) is 5.51. The van der Waals surface area contributed by atoms with E-state index in [9.17, 15) is 9.18 Å². The van der Waals surface area contributed by atoms with Crippen LogP contribution in [0.3, 0.4) is 0 Å². The van der Waals surface area contributed by atoms with Gasteiger partial charge in [-0.05, 0) is 70.3 Å². The van der Waals surface area contributed by atoms with Crippen molar-refractivity contribution in [3.05, 3.63) is 108 Å². The predicted octanol–water partition coefficient (Wildman–Crippen LogP) is 6.16. The van der Waals surface area contributed by atoms with Crippen molar-refractivity contribution in [3.8, 4) is 11.3 Å². The second kappa shape index (κ2) is 19.4. The lowest BCUT2D eigenvalue weighted by molar-refractivity contribution is 0.0525. The van der Waals surface area contributed by atoms with Gasteiger partial charge in [0.2, 0.25) is 5.62 Å². The molecule has 0 aliphatic carbocycles. The number of likely N-dealkylation sites (N-methyl/N-ethyl adjacent to an activating group) is 1. The van der Waals surface area contributed by atoms with Crippen molar-refractivity contribution in [2.24, 2.45) is 10.1 Å². The Hall–Kier alpha value is -4.73. The van der Waals surface area contributed by atoms with Gasteiger partial charge in [-0.3, -0.25) is 0 Å². The minimum absolute atomic E-state index is 0.0442. The average molecular weight is 579 g/mol. The van der Waals surface area contributed by atoms with Gasteiger partial charge in [0.15, 0.2) is 0 Å². The van der Waals surface area contributed by atoms with Gasteiger partial charge in [-0.15, -0.1) is 0 Å². The zero-order valence-electron chi connectivity index (χ0n) is 25.7. The summed E-state index contributed by atoms with van der Waals surface area (Å²) in [5, 5.41) is 7.17. The van der Waals surface area contributed by atoms with Gasteiger partial charge < -0.3 is 19.7 Å². The number of nitrogens with one attached hydrogen (secondary N) is 1. The number of carbonyl (C=O) groups excluding carboxylic acids is 1. The first-order chi connectivity index (χ1) is 20.3. The number of benzene rings is 1. The highest BCUT2D eigenvalue weighted by Crippen LogP contribution is 2.25. The average Bonchev–Trinajstić information content (AvgIpc) is 3.01. The van der Waals surface area contributed by atoms with Gasteiger partial charge in [0.1, 0.15) is 23.8 Å². The number of ether oxygens (including phenoxy) is 2. The van der Waals surface area contributed by atoms with Gasteiger partial charge in [-0.1, -0.05) is 38.6 Å². The van der Waals surface area contributed by atoms with Crippen LogP contribution in [0.25, 0.3) is 11.3 Å². The second-order valence-electron chi connectivity index (χ2n) is 8.27. The molecular formula is C32H43FN6O3. The van der Waals surface area contributed by atoms with Crippen molar-refractivity contribution in [1.82, 2.24) is 19.9 Å². The smallest absolute Gasteiger partial charge is 0.341 e. The van der Waals surface area contributed by atoms with Gasteiger partial charge in [-0.25, -0.2) is 19.2 Å². The third-order valence-corrected chi connectivity index (χ3v) is 5.51. The molecule has 0 bridgehead atoms. The summed E-state index contributed by atoms with van der Waals surface area (Å²) in [6.45, 7) is 19.6. The van der Waals surface area contributed by atoms with E-state index in [1.807, 2.05) is 76.9 Å². The number of carbonyl (C=O) groups is 1. The summed E-state index contributed by atoms with van der Waals surface area (Å²) in [4.78, 5) is 23.3. The van der Waals surface area contributed by atoms with Crippen LogP contribution in [-0.4, -0.2) is 54.1 Å². The molecule has 2 rings (SSSR count). The first kappa shape index (κ1) is 35.3. The third kappa shape index (κ3) is 10.7. The minimum Gasteiger partial charge on any atom is -0.463 e. The van der Waals surface area contributed by atoms with Crippen LogP contribution < -0.4 is 10.9 Å². The summed E-state index contributed by atoms with van der Waals surface area (Å²) in [6.07, 6.45) is 12.4. The highest BCUT2D eigenvalue weighted by atomic mass is 19.1. The Labute approximate surface area is 248 Å². The maximum Gasteiger partial charge on any atom is 0.341 e. The van der Waals surface area contributed by atoms with E-state index in [4.69, 9.17) is 9.47 Å². The quantitative estimate of drug-likeness (QED) is 0.125. The molecule has 9 nitrogen and oxygen atoms in total. The highest BCUT2D eigenvalue weighted by Gasteiger charge is 2.21. The van der Waals surface area contributed by atoms with Crippen molar-refractivity contribution in [2.75, 3.05) is 26.9 Å². The molecule has 0 aliphatic rings. The van der Waals surface area contributed by atoms with Crippen LogP contribution in [0.5, 0.6) is 0 Å². The molecule has 0 aliphatic heterocycles. The lowest BCUT2D eigenvalue weighted by Gasteiger charge is -2.14. The van der Waals surface area contributed by atoms with E-state index in [2.05, 4.69) is 33.7 Å². The molecule has 0 saturated heterocycles. The molecule has 0 saturated carbocycles. The largest absolute Gasteiger partial charge is 0.463 e. The van der Waals surface area contributed by atoms with E-state index in [1.54, 1.807) is 25.3 Å². The summed E-state index contributed by atoms with van der Waals surface area (Å²) >= 11 is 0. The second-order valence-corrected chi connectivity index (χ2v) is 8.27. The lowest BCUT2D eigenvalue weighted by atomic mass is 10.1. The zero-order valence-corrected chi connectivity index (χ0v) is 25.7. The number of nitrogens with zero attached hydrogens (tertiary/aromatic N) is 5. The number of hydrogen-bond donors (Lipinski definition) is 1. The van der Waals surface area contributed by atoms with Crippen LogP contribution >= 0.6 is 0 Å². The summed E-state index contributed by atoms with van der Waals surface area (Å²) in [7, 11) is 1.93. The van der Waals surface area contributed by atoms with E-state index in [1.165, 1.54) is 23.0 Å². The fraction of sp³-hybridized carbons (Fsp3) is 0.312. The molecule has 226 valence electrons. The molecule has 0 spiro atoms. The maximum atomic E-state index is 14.8. The fourth-order valence-corrected chi connectivity index (χ4v) is 3.36. The van der Waals surface area contributed by atoms with Crippen LogP contribution in [0.1, 0.15) is 51.9 Å². The SMILES string of the molecule is C=CN(C)C/C=C(\C)OC(/C=C\C(=C/C)NC/N=c1/ncc(C(=O)OCC)c(-c2ccccc2F)n1N=C)=C/C.CC. The Morgan fingerprint density at radius 1 is 1.21 bits per heavy atom. The lowest BCUT2D eigenvalue weighted by Crippen LogP contribution is -2.28. The Balaban J connectivity index is 0.00000431. The molecule has 1 aromatic carbocycles. The number of hydrogen-bond acceptors (Lipinski definition) is 8. The number of esters is 1. The van der Waals surface area contributed by atoms with Gasteiger partial charge in [0.05, 0.1) is 18.1 Å².